The van der Waals surface area contributed by atoms with Crippen molar-refractivity contribution in [2.45, 2.75) is 33.0 Å². The highest BCUT2D eigenvalue weighted by Gasteiger charge is 2.12. The van der Waals surface area contributed by atoms with Crippen molar-refractivity contribution in [3.63, 3.8) is 0 Å². The zero-order chi connectivity index (χ0) is 16.1. The molecule has 0 aromatic carbocycles. The highest BCUT2D eigenvalue weighted by Crippen LogP contribution is 2.15. The number of carboxylic acids is 1. The SMILES string of the molecule is CCn1ncc(Br)c1CNC(=O)CCn1nccc1C(=O)O. The van der Waals surface area contributed by atoms with Gasteiger partial charge in [-0.1, -0.05) is 0 Å². The predicted molar refractivity (Wildman–Crippen MR) is 81.3 cm³/mol. The number of nitrogens with zero attached hydrogens (tertiary/aromatic N) is 4. The normalized spacial score (nSPS) is 10.6. The molecular weight excluding hydrogens is 354 g/mol. The van der Waals surface area contributed by atoms with Crippen LogP contribution in [0.15, 0.2) is 22.9 Å². The van der Waals surface area contributed by atoms with Crippen LogP contribution in [0.3, 0.4) is 0 Å². The number of carbonyl (C=O) groups is 2. The molecule has 2 rings (SSSR count). The van der Waals surface area contributed by atoms with E-state index in [1.54, 1.807) is 10.9 Å². The molecular formula is C13H16BrN5O3. The first kappa shape index (κ1) is 16.2. The van der Waals surface area contributed by atoms with E-state index in [1.165, 1.54) is 16.9 Å². The van der Waals surface area contributed by atoms with E-state index in [4.69, 9.17) is 5.11 Å². The molecule has 2 N–H and O–H groups in total. The van der Waals surface area contributed by atoms with Crippen LogP contribution < -0.4 is 5.32 Å². The van der Waals surface area contributed by atoms with E-state index in [2.05, 4.69) is 31.4 Å². The maximum atomic E-state index is 11.9. The predicted octanol–water partition coefficient (Wildman–Crippen LogP) is 1.27. The minimum absolute atomic E-state index is 0.0691. The Morgan fingerprint density at radius 1 is 1.36 bits per heavy atom. The van der Waals surface area contributed by atoms with Gasteiger partial charge in [0.2, 0.25) is 5.91 Å². The summed E-state index contributed by atoms with van der Waals surface area (Å²) in [5.74, 6) is -1.24. The van der Waals surface area contributed by atoms with E-state index in [-0.39, 0.29) is 24.6 Å². The summed E-state index contributed by atoms with van der Waals surface area (Å²) in [6, 6.07) is 1.40. The van der Waals surface area contributed by atoms with Crippen LogP contribution in [0, 0.1) is 0 Å². The minimum atomic E-state index is -1.06. The number of rotatable bonds is 7. The van der Waals surface area contributed by atoms with Crippen LogP contribution >= 0.6 is 15.9 Å². The summed E-state index contributed by atoms with van der Waals surface area (Å²) >= 11 is 3.39. The molecule has 0 unspecified atom stereocenters. The van der Waals surface area contributed by atoms with Crippen LogP contribution in [0.4, 0.5) is 0 Å². The average molecular weight is 370 g/mol. The van der Waals surface area contributed by atoms with Gasteiger partial charge in [-0.05, 0) is 28.9 Å². The van der Waals surface area contributed by atoms with Gasteiger partial charge in [0.1, 0.15) is 5.69 Å². The smallest absolute Gasteiger partial charge is 0.354 e. The topological polar surface area (TPSA) is 102 Å². The first-order valence-corrected chi connectivity index (χ1v) is 7.54. The molecule has 9 heteroatoms. The third-order valence-corrected chi connectivity index (χ3v) is 3.80. The molecule has 118 valence electrons. The fraction of sp³-hybridized carbons (Fsp3) is 0.385. The van der Waals surface area contributed by atoms with Crippen LogP contribution in [-0.2, 0) is 24.4 Å². The maximum absolute atomic E-state index is 11.9. The van der Waals surface area contributed by atoms with Gasteiger partial charge in [0.15, 0.2) is 0 Å². The molecule has 22 heavy (non-hydrogen) atoms. The lowest BCUT2D eigenvalue weighted by molar-refractivity contribution is -0.121. The van der Waals surface area contributed by atoms with Gasteiger partial charge in [0.05, 0.1) is 29.5 Å². The fourth-order valence-corrected chi connectivity index (χ4v) is 2.44. The summed E-state index contributed by atoms with van der Waals surface area (Å²) in [6.07, 6.45) is 3.24. The van der Waals surface area contributed by atoms with Crippen molar-refractivity contribution in [3.8, 4) is 0 Å². The molecule has 0 spiro atoms. The third-order valence-electron chi connectivity index (χ3n) is 3.14. The Morgan fingerprint density at radius 3 is 2.82 bits per heavy atom. The Hall–Kier alpha value is -2.16. The Labute approximate surface area is 135 Å². The van der Waals surface area contributed by atoms with Gasteiger partial charge in [0, 0.05) is 19.2 Å². The van der Waals surface area contributed by atoms with Gasteiger partial charge in [0.25, 0.3) is 0 Å². The number of nitrogens with one attached hydrogen (secondary N) is 1. The number of halogens is 1. The lowest BCUT2D eigenvalue weighted by atomic mass is 10.3. The second-order valence-electron chi connectivity index (χ2n) is 4.53. The quantitative estimate of drug-likeness (QED) is 0.764. The van der Waals surface area contributed by atoms with Crippen LogP contribution in [0.2, 0.25) is 0 Å². The lowest BCUT2D eigenvalue weighted by Gasteiger charge is -2.08. The summed E-state index contributed by atoms with van der Waals surface area (Å²) in [4.78, 5) is 22.8. The first-order chi connectivity index (χ1) is 10.5. The second-order valence-corrected chi connectivity index (χ2v) is 5.38. The monoisotopic (exact) mass is 369 g/mol. The van der Waals surface area contributed by atoms with Crippen molar-refractivity contribution in [2.24, 2.45) is 0 Å². The van der Waals surface area contributed by atoms with Crippen LogP contribution in [0.1, 0.15) is 29.5 Å². The highest BCUT2D eigenvalue weighted by atomic mass is 79.9. The summed E-state index contributed by atoms with van der Waals surface area (Å²) < 4.78 is 3.93. The molecule has 1 amide bonds. The van der Waals surface area contributed by atoms with Gasteiger partial charge >= 0.3 is 5.97 Å². The van der Waals surface area contributed by atoms with Gasteiger partial charge in [-0.2, -0.15) is 10.2 Å². The standard InChI is InChI=1S/C13H16BrN5O3/c1-2-18-11(9(14)7-17-18)8-15-12(20)4-6-19-10(13(21)22)3-5-16-19/h3,5,7H,2,4,6,8H2,1H3,(H,15,20)(H,21,22). The Balaban J connectivity index is 1.87. The van der Waals surface area contributed by atoms with Gasteiger partial charge in [-0.3, -0.25) is 14.2 Å². The van der Waals surface area contributed by atoms with Crippen LogP contribution in [0.25, 0.3) is 0 Å². The van der Waals surface area contributed by atoms with E-state index in [0.29, 0.717) is 13.1 Å². The molecule has 0 atom stereocenters. The van der Waals surface area contributed by atoms with Gasteiger partial charge in [-0.25, -0.2) is 4.79 Å². The molecule has 8 nitrogen and oxygen atoms in total. The largest absolute Gasteiger partial charge is 0.477 e. The Bertz CT molecular complexity index is 679. The molecule has 2 aromatic rings. The number of hydrogen-bond acceptors (Lipinski definition) is 4. The minimum Gasteiger partial charge on any atom is -0.477 e. The molecule has 0 aliphatic heterocycles. The first-order valence-electron chi connectivity index (χ1n) is 6.75. The van der Waals surface area contributed by atoms with Crippen LogP contribution in [-0.4, -0.2) is 36.5 Å². The second kappa shape index (κ2) is 7.21. The Morgan fingerprint density at radius 2 is 2.14 bits per heavy atom. The lowest BCUT2D eigenvalue weighted by Crippen LogP contribution is -2.26. The molecule has 0 bridgehead atoms. The summed E-state index contributed by atoms with van der Waals surface area (Å²) in [5, 5.41) is 19.8. The van der Waals surface area contributed by atoms with E-state index in [0.717, 1.165) is 10.2 Å². The molecule has 0 saturated heterocycles. The van der Waals surface area contributed by atoms with Gasteiger partial charge < -0.3 is 10.4 Å². The van der Waals surface area contributed by atoms with Crippen molar-refractivity contribution in [2.75, 3.05) is 0 Å². The molecule has 0 radical (unpaired) electrons. The molecule has 2 heterocycles. The van der Waals surface area contributed by atoms with Crippen molar-refractivity contribution in [1.29, 1.82) is 0 Å². The number of carbonyl (C=O) groups excluding carboxylic acids is 1. The zero-order valence-corrected chi connectivity index (χ0v) is 13.6. The molecule has 0 aliphatic rings. The average Bonchev–Trinajstić information content (AvgIpc) is 3.09. The zero-order valence-electron chi connectivity index (χ0n) is 12.0. The molecule has 0 fully saturated rings. The molecule has 2 aromatic heterocycles. The summed E-state index contributed by atoms with van der Waals surface area (Å²) in [7, 11) is 0. The number of hydrogen-bond donors (Lipinski definition) is 2. The van der Waals surface area contributed by atoms with Crippen LogP contribution in [0.5, 0.6) is 0 Å². The van der Waals surface area contributed by atoms with Crippen molar-refractivity contribution >= 4 is 27.8 Å². The number of amides is 1. The number of aryl methyl sites for hydroxylation is 2. The number of carboxylic acid groups (broad SMARTS) is 1. The van der Waals surface area contributed by atoms with E-state index < -0.39 is 5.97 Å². The fourth-order valence-electron chi connectivity index (χ4n) is 2.01. The summed E-state index contributed by atoms with van der Waals surface area (Å²) in [6.45, 7) is 3.26. The third kappa shape index (κ3) is 3.73. The van der Waals surface area contributed by atoms with Gasteiger partial charge in [-0.15, -0.1) is 0 Å². The molecule has 0 aliphatic carbocycles. The van der Waals surface area contributed by atoms with E-state index in [1.807, 2.05) is 6.92 Å². The highest BCUT2D eigenvalue weighted by molar-refractivity contribution is 9.10. The molecule has 0 saturated carbocycles. The number of aromatic nitrogens is 4. The maximum Gasteiger partial charge on any atom is 0.354 e. The Kier molecular flexibility index (Phi) is 5.31. The van der Waals surface area contributed by atoms with E-state index >= 15 is 0 Å². The van der Waals surface area contributed by atoms with E-state index in [9.17, 15) is 9.59 Å². The van der Waals surface area contributed by atoms with Crippen molar-refractivity contribution < 1.29 is 14.7 Å². The number of aromatic carboxylic acids is 1. The summed E-state index contributed by atoms with van der Waals surface area (Å²) in [5.41, 5.74) is 0.959. The van der Waals surface area contributed by atoms with Crippen molar-refractivity contribution in [3.05, 3.63) is 34.3 Å². The van der Waals surface area contributed by atoms with Crippen molar-refractivity contribution in [1.82, 2.24) is 24.9 Å².